The third-order valence-electron chi connectivity index (χ3n) is 3.14. The summed E-state index contributed by atoms with van der Waals surface area (Å²) in [5.74, 6) is 0. The Kier molecular flexibility index (Phi) is 6.15. The van der Waals surface area contributed by atoms with Gasteiger partial charge in [-0.3, -0.25) is 0 Å². The van der Waals surface area contributed by atoms with Crippen LogP contribution in [-0.4, -0.2) is 24.6 Å². The molecule has 0 aromatic heterocycles. The van der Waals surface area contributed by atoms with E-state index >= 15 is 0 Å². The molecule has 1 aliphatic heterocycles. The van der Waals surface area contributed by atoms with Crippen LogP contribution in [0.3, 0.4) is 0 Å². The molecule has 18 heavy (non-hydrogen) atoms. The lowest BCUT2D eigenvalue weighted by Crippen LogP contribution is -2.25. The van der Waals surface area contributed by atoms with Gasteiger partial charge >= 0.3 is 0 Å². The van der Waals surface area contributed by atoms with E-state index in [-0.39, 0.29) is 12.2 Å². The maximum absolute atomic E-state index is 5.97. The van der Waals surface area contributed by atoms with Crippen LogP contribution >= 0.6 is 31.9 Å². The summed E-state index contributed by atoms with van der Waals surface area (Å²) >= 11 is 6.96. The van der Waals surface area contributed by atoms with Crippen LogP contribution in [0.1, 0.15) is 30.9 Å². The van der Waals surface area contributed by atoms with Crippen LogP contribution in [0.4, 0.5) is 0 Å². The minimum absolute atomic E-state index is 0.101. The molecule has 1 aliphatic rings. The molecule has 1 aromatic rings. The molecule has 4 heteroatoms. The summed E-state index contributed by atoms with van der Waals surface area (Å²) in [6.45, 7) is 1.57. The molecule has 0 aliphatic carbocycles. The first-order valence-electron chi connectivity index (χ1n) is 6.34. The molecule has 0 saturated carbocycles. The molecule has 2 nitrogen and oxygen atoms in total. The standard InChI is InChI=1S/C14H18Br2O2/c15-9-14(11-4-6-12(16)7-5-11)18-10-13-3-1-2-8-17-13/h4-7,13-14H,1-3,8-10H2. The van der Waals surface area contributed by atoms with E-state index in [1.165, 1.54) is 18.4 Å². The zero-order valence-electron chi connectivity index (χ0n) is 10.3. The van der Waals surface area contributed by atoms with E-state index in [1.54, 1.807) is 0 Å². The molecule has 2 unspecified atom stereocenters. The molecule has 2 atom stereocenters. The van der Waals surface area contributed by atoms with Crippen molar-refractivity contribution in [3.8, 4) is 0 Å². The lowest BCUT2D eigenvalue weighted by Gasteiger charge is -2.25. The predicted octanol–water partition coefficient (Wildman–Crippen LogP) is 4.47. The van der Waals surface area contributed by atoms with Crippen molar-refractivity contribution in [2.75, 3.05) is 18.5 Å². The number of hydrogen-bond acceptors (Lipinski definition) is 2. The summed E-state index contributed by atoms with van der Waals surface area (Å²) < 4.78 is 12.7. The van der Waals surface area contributed by atoms with Crippen LogP contribution in [0, 0.1) is 0 Å². The molecule has 0 N–H and O–H groups in total. The molecule has 0 amide bonds. The van der Waals surface area contributed by atoms with Crippen molar-refractivity contribution < 1.29 is 9.47 Å². The Labute approximate surface area is 125 Å². The molecule has 1 aromatic carbocycles. The first kappa shape index (κ1) is 14.5. The largest absolute Gasteiger partial charge is 0.376 e. The molecule has 1 saturated heterocycles. The third kappa shape index (κ3) is 4.34. The van der Waals surface area contributed by atoms with Crippen molar-refractivity contribution >= 4 is 31.9 Å². The quantitative estimate of drug-likeness (QED) is 0.704. The fraction of sp³-hybridized carbons (Fsp3) is 0.571. The van der Waals surface area contributed by atoms with Gasteiger partial charge in [-0.25, -0.2) is 0 Å². The molecular weight excluding hydrogens is 360 g/mol. The van der Waals surface area contributed by atoms with Crippen LogP contribution in [0.25, 0.3) is 0 Å². The second-order valence-electron chi connectivity index (χ2n) is 4.52. The van der Waals surface area contributed by atoms with Gasteiger partial charge in [0.25, 0.3) is 0 Å². The first-order valence-corrected chi connectivity index (χ1v) is 8.25. The second kappa shape index (κ2) is 7.63. The van der Waals surface area contributed by atoms with Crippen LogP contribution in [-0.2, 0) is 9.47 Å². The summed E-state index contributed by atoms with van der Waals surface area (Å²) in [5, 5.41) is 0.807. The Balaban J connectivity index is 1.86. The zero-order valence-corrected chi connectivity index (χ0v) is 13.5. The smallest absolute Gasteiger partial charge is 0.0922 e. The Hall–Kier alpha value is 0.100. The fourth-order valence-electron chi connectivity index (χ4n) is 2.07. The number of ether oxygens (including phenoxy) is 2. The van der Waals surface area contributed by atoms with Gasteiger partial charge in [-0.2, -0.15) is 0 Å². The normalized spacial score (nSPS) is 21.8. The van der Waals surface area contributed by atoms with E-state index in [9.17, 15) is 0 Å². The predicted molar refractivity (Wildman–Crippen MR) is 80.2 cm³/mol. The number of benzene rings is 1. The summed E-state index contributed by atoms with van der Waals surface area (Å²) in [6.07, 6.45) is 3.94. The molecule has 1 fully saturated rings. The van der Waals surface area contributed by atoms with E-state index in [4.69, 9.17) is 9.47 Å². The molecule has 0 radical (unpaired) electrons. The maximum Gasteiger partial charge on any atom is 0.0922 e. The average Bonchev–Trinajstić information content (AvgIpc) is 2.42. The minimum Gasteiger partial charge on any atom is -0.376 e. The van der Waals surface area contributed by atoms with Crippen LogP contribution in [0.2, 0.25) is 0 Å². The highest BCUT2D eigenvalue weighted by Gasteiger charge is 2.17. The van der Waals surface area contributed by atoms with Gasteiger partial charge in [0.15, 0.2) is 0 Å². The number of rotatable bonds is 5. The van der Waals surface area contributed by atoms with Gasteiger partial charge in [0.1, 0.15) is 0 Å². The van der Waals surface area contributed by atoms with E-state index in [2.05, 4.69) is 44.0 Å². The fourth-order valence-corrected chi connectivity index (χ4v) is 2.89. The highest BCUT2D eigenvalue weighted by atomic mass is 79.9. The minimum atomic E-state index is 0.101. The molecular formula is C14H18Br2O2. The SMILES string of the molecule is BrCC(OCC1CCCCO1)c1ccc(Br)cc1. The van der Waals surface area contributed by atoms with Crippen LogP contribution in [0.5, 0.6) is 0 Å². The average molecular weight is 378 g/mol. The van der Waals surface area contributed by atoms with Crippen molar-refractivity contribution in [1.82, 2.24) is 0 Å². The molecule has 1 heterocycles. The van der Waals surface area contributed by atoms with Gasteiger partial charge in [-0.15, -0.1) is 0 Å². The Bertz CT molecular complexity index is 347. The number of hydrogen-bond donors (Lipinski definition) is 0. The summed E-state index contributed by atoms with van der Waals surface area (Å²) in [6, 6.07) is 8.28. The Morgan fingerprint density at radius 2 is 2.06 bits per heavy atom. The van der Waals surface area contributed by atoms with Crippen molar-refractivity contribution in [3.05, 3.63) is 34.3 Å². The lowest BCUT2D eigenvalue weighted by molar-refractivity contribution is -0.0585. The molecule has 0 spiro atoms. The van der Waals surface area contributed by atoms with E-state index < -0.39 is 0 Å². The molecule has 100 valence electrons. The van der Waals surface area contributed by atoms with Crippen LogP contribution in [0.15, 0.2) is 28.7 Å². The number of alkyl halides is 1. The van der Waals surface area contributed by atoms with Gasteiger partial charge in [-0.05, 0) is 37.0 Å². The molecule has 2 rings (SSSR count). The van der Waals surface area contributed by atoms with Crippen molar-refractivity contribution in [1.29, 1.82) is 0 Å². The third-order valence-corrected chi connectivity index (χ3v) is 4.26. The van der Waals surface area contributed by atoms with E-state index in [1.807, 2.05) is 12.1 Å². The van der Waals surface area contributed by atoms with Crippen molar-refractivity contribution in [2.45, 2.75) is 31.5 Å². The van der Waals surface area contributed by atoms with Crippen molar-refractivity contribution in [3.63, 3.8) is 0 Å². The first-order chi connectivity index (χ1) is 8.79. The lowest BCUT2D eigenvalue weighted by atomic mass is 10.1. The Morgan fingerprint density at radius 3 is 2.67 bits per heavy atom. The molecule has 0 bridgehead atoms. The van der Waals surface area contributed by atoms with Gasteiger partial charge in [0.05, 0.1) is 18.8 Å². The Morgan fingerprint density at radius 1 is 1.28 bits per heavy atom. The summed E-state index contributed by atoms with van der Waals surface area (Å²) in [7, 11) is 0. The van der Waals surface area contributed by atoms with Crippen molar-refractivity contribution in [2.24, 2.45) is 0 Å². The highest BCUT2D eigenvalue weighted by Crippen LogP contribution is 2.23. The van der Waals surface area contributed by atoms with Crippen LogP contribution < -0.4 is 0 Å². The maximum atomic E-state index is 5.97. The summed E-state index contributed by atoms with van der Waals surface area (Å²) in [5.41, 5.74) is 1.20. The van der Waals surface area contributed by atoms with Gasteiger partial charge in [-0.1, -0.05) is 44.0 Å². The number of halogens is 2. The summed E-state index contributed by atoms with van der Waals surface area (Å²) in [4.78, 5) is 0. The van der Waals surface area contributed by atoms with Gasteiger partial charge < -0.3 is 9.47 Å². The zero-order chi connectivity index (χ0) is 12.8. The van der Waals surface area contributed by atoms with E-state index in [0.29, 0.717) is 6.61 Å². The van der Waals surface area contributed by atoms with Gasteiger partial charge in [0, 0.05) is 16.4 Å². The van der Waals surface area contributed by atoms with E-state index in [0.717, 1.165) is 22.8 Å². The monoisotopic (exact) mass is 376 g/mol. The van der Waals surface area contributed by atoms with Gasteiger partial charge in [0.2, 0.25) is 0 Å². The topological polar surface area (TPSA) is 18.5 Å². The second-order valence-corrected chi connectivity index (χ2v) is 6.08. The highest BCUT2D eigenvalue weighted by molar-refractivity contribution is 9.10.